The molecule has 2 heterocycles. The molecule has 1 saturated heterocycles. The van der Waals surface area contributed by atoms with Crippen molar-refractivity contribution in [2.24, 2.45) is 5.92 Å². The van der Waals surface area contributed by atoms with Gasteiger partial charge < -0.3 is 10.6 Å². The molecule has 0 spiro atoms. The van der Waals surface area contributed by atoms with E-state index in [-0.39, 0.29) is 11.8 Å². The summed E-state index contributed by atoms with van der Waals surface area (Å²) in [5.74, 6) is 1.61. The van der Waals surface area contributed by atoms with Gasteiger partial charge in [0.05, 0.1) is 24.0 Å². The molecule has 0 radical (unpaired) electrons. The molecule has 2 fully saturated rings. The number of rotatable bonds is 3. The third-order valence-corrected chi connectivity index (χ3v) is 3.55. The summed E-state index contributed by atoms with van der Waals surface area (Å²) < 4.78 is 0. The van der Waals surface area contributed by atoms with Gasteiger partial charge in [0, 0.05) is 12.5 Å². The summed E-state index contributed by atoms with van der Waals surface area (Å²) in [6, 6.07) is 0. The predicted octanol–water partition coefficient (Wildman–Crippen LogP) is 1.29. The first kappa shape index (κ1) is 11.6. The summed E-state index contributed by atoms with van der Waals surface area (Å²) in [6.45, 7) is 1.79. The Kier molecular flexibility index (Phi) is 3.23. The number of carbonyl (C=O) groups is 1. The number of nitrogens with zero attached hydrogens (tertiary/aromatic N) is 2. The molecule has 5 heteroatoms. The minimum absolute atomic E-state index is 0.0712. The second kappa shape index (κ2) is 5.02. The number of anilines is 1. The van der Waals surface area contributed by atoms with E-state index >= 15 is 0 Å². The van der Waals surface area contributed by atoms with Crippen LogP contribution in [-0.4, -0.2) is 29.0 Å². The van der Waals surface area contributed by atoms with Crippen molar-refractivity contribution >= 4 is 11.6 Å². The number of carbonyl (C=O) groups excluding carboxylic acids is 1. The lowest BCUT2D eigenvalue weighted by Gasteiger charge is -2.21. The van der Waals surface area contributed by atoms with Gasteiger partial charge in [-0.25, -0.2) is 9.97 Å². The molecular formula is C13H18N4O. The number of aromatic nitrogens is 2. The van der Waals surface area contributed by atoms with Crippen LogP contribution >= 0.6 is 0 Å². The molecule has 18 heavy (non-hydrogen) atoms. The Morgan fingerprint density at radius 1 is 1.28 bits per heavy atom. The van der Waals surface area contributed by atoms with E-state index in [2.05, 4.69) is 20.6 Å². The topological polar surface area (TPSA) is 66.9 Å². The zero-order chi connectivity index (χ0) is 12.4. The molecule has 0 aromatic carbocycles. The molecule has 1 aromatic heterocycles. The monoisotopic (exact) mass is 246 g/mol. The van der Waals surface area contributed by atoms with Crippen LogP contribution in [0.5, 0.6) is 0 Å². The second-order valence-electron chi connectivity index (χ2n) is 5.14. The summed E-state index contributed by atoms with van der Waals surface area (Å²) >= 11 is 0. The van der Waals surface area contributed by atoms with E-state index in [9.17, 15) is 4.79 Å². The fourth-order valence-corrected chi connectivity index (χ4v) is 2.27. The Morgan fingerprint density at radius 3 is 2.67 bits per heavy atom. The first-order chi connectivity index (χ1) is 8.83. The zero-order valence-electron chi connectivity index (χ0n) is 10.4. The Bertz CT molecular complexity index is 421. The minimum atomic E-state index is 0.0712. The lowest BCUT2D eigenvalue weighted by Crippen LogP contribution is -2.37. The van der Waals surface area contributed by atoms with Crippen LogP contribution in [0, 0.1) is 5.92 Å². The highest BCUT2D eigenvalue weighted by Crippen LogP contribution is 2.37. The Hall–Kier alpha value is -1.49. The lowest BCUT2D eigenvalue weighted by molar-refractivity contribution is -0.120. The van der Waals surface area contributed by atoms with Gasteiger partial charge in [0.2, 0.25) is 5.91 Å². The maximum Gasteiger partial charge on any atom is 0.228 e. The Balaban J connectivity index is 1.59. The van der Waals surface area contributed by atoms with Gasteiger partial charge in [-0.3, -0.25) is 4.79 Å². The van der Waals surface area contributed by atoms with Crippen LogP contribution in [0.3, 0.4) is 0 Å². The number of hydrogen-bond acceptors (Lipinski definition) is 4. The number of hydrogen-bond donors (Lipinski definition) is 2. The molecule has 1 unspecified atom stereocenters. The van der Waals surface area contributed by atoms with Gasteiger partial charge in [0.1, 0.15) is 5.82 Å². The summed E-state index contributed by atoms with van der Waals surface area (Å²) in [4.78, 5) is 20.6. The highest BCUT2D eigenvalue weighted by Gasteiger charge is 2.26. The standard InChI is InChI=1S/C13H18N4O/c18-13(10-2-1-5-14-6-10)17-11-7-15-12(16-8-11)9-3-4-9/h7-10,14H,1-6H2,(H,17,18). The van der Waals surface area contributed by atoms with Gasteiger partial charge >= 0.3 is 0 Å². The fraction of sp³-hybridized carbons (Fsp3) is 0.615. The van der Waals surface area contributed by atoms with E-state index in [4.69, 9.17) is 0 Å². The van der Waals surface area contributed by atoms with Crippen LogP contribution in [-0.2, 0) is 4.79 Å². The first-order valence-corrected chi connectivity index (χ1v) is 6.66. The van der Waals surface area contributed by atoms with Crippen molar-refractivity contribution in [1.29, 1.82) is 0 Å². The number of nitrogens with one attached hydrogen (secondary N) is 2. The average Bonchev–Trinajstić information content (AvgIpc) is 3.25. The molecule has 0 bridgehead atoms. The van der Waals surface area contributed by atoms with Crippen molar-refractivity contribution < 1.29 is 4.79 Å². The van der Waals surface area contributed by atoms with Gasteiger partial charge in [0.15, 0.2) is 0 Å². The van der Waals surface area contributed by atoms with Crippen LogP contribution < -0.4 is 10.6 Å². The molecule has 5 nitrogen and oxygen atoms in total. The smallest absolute Gasteiger partial charge is 0.228 e. The van der Waals surface area contributed by atoms with Crippen LogP contribution in [0.2, 0.25) is 0 Å². The molecular weight excluding hydrogens is 228 g/mol. The molecule has 3 rings (SSSR count). The van der Waals surface area contributed by atoms with Crippen LogP contribution in [0.15, 0.2) is 12.4 Å². The molecule has 1 amide bonds. The molecule has 1 aromatic rings. The summed E-state index contributed by atoms with van der Waals surface area (Å²) in [5.41, 5.74) is 0.704. The second-order valence-corrected chi connectivity index (χ2v) is 5.14. The SMILES string of the molecule is O=C(Nc1cnc(C2CC2)nc1)C1CCCNC1. The summed E-state index contributed by atoms with van der Waals surface area (Å²) in [5, 5.41) is 6.14. The summed E-state index contributed by atoms with van der Waals surface area (Å²) in [7, 11) is 0. The van der Waals surface area contributed by atoms with Crippen molar-refractivity contribution in [2.75, 3.05) is 18.4 Å². The highest BCUT2D eigenvalue weighted by molar-refractivity contribution is 5.92. The van der Waals surface area contributed by atoms with E-state index in [1.807, 2.05) is 0 Å². The Labute approximate surface area is 106 Å². The molecule has 1 aliphatic heterocycles. The first-order valence-electron chi connectivity index (χ1n) is 6.66. The highest BCUT2D eigenvalue weighted by atomic mass is 16.1. The summed E-state index contributed by atoms with van der Waals surface area (Å²) in [6.07, 6.45) is 7.84. The van der Waals surface area contributed by atoms with Crippen molar-refractivity contribution in [3.8, 4) is 0 Å². The van der Waals surface area contributed by atoms with Crippen molar-refractivity contribution in [2.45, 2.75) is 31.6 Å². The van der Waals surface area contributed by atoms with Crippen molar-refractivity contribution in [3.63, 3.8) is 0 Å². The molecule has 1 aliphatic carbocycles. The zero-order valence-corrected chi connectivity index (χ0v) is 10.4. The molecule has 2 N–H and O–H groups in total. The van der Waals surface area contributed by atoms with Gasteiger partial charge in [0.25, 0.3) is 0 Å². The van der Waals surface area contributed by atoms with Crippen molar-refractivity contribution in [3.05, 3.63) is 18.2 Å². The molecule has 96 valence electrons. The van der Waals surface area contributed by atoms with E-state index in [1.165, 1.54) is 12.8 Å². The van der Waals surface area contributed by atoms with E-state index in [0.29, 0.717) is 11.6 Å². The van der Waals surface area contributed by atoms with E-state index in [1.54, 1.807) is 12.4 Å². The lowest BCUT2D eigenvalue weighted by atomic mass is 9.99. The van der Waals surface area contributed by atoms with Gasteiger partial charge in [-0.1, -0.05) is 0 Å². The van der Waals surface area contributed by atoms with Gasteiger partial charge in [-0.2, -0.15) is 0 Å². The third kappa shape index (κ3) is 2.67. The van der Waals surface area contributed by atoms with Crippen LogP contribution in [0.25, 0.3) is 0 Å². The molecule has 2 aliphatic rings. The fourth-order valence-electron chi connectivity index (χ4n) is 2.27. The van der Waals surface area contributed by atoms with Crippen molar-refractivity contribution in [1.82, 2.24) is 15.3 Å². The normalized spacial score (nSPS) is 23.7. The molecule has 1 saturated carbocycles. The number of piperidine rings is 1. The third-order valence-electron chi connectivity index (χ3n) is 3.55. The Morgan fingerprint density at radius 2 is 2.06 bits per heavy atom. The van der Waals surface area contributed by atoms with Gasteiger partial charge in [-0.15, -0.1) is 0 Å². The van der Waals surface area contributed by atoms with Crippen LogP contribution in [0.4, 0.5) is 5.69 Å². The average molecular weight is 246 g/mol. The number of amides is 1. The largest absolute Gasteiger partial charge is 0.323 e. The van der Waals surface area contributed by atoms with E-state index in [0.717, 1.165) is 31.8 Å². The maximum absolute atomic E-state index is 12.0. The minimum Gasteiger partial charge on any atom is -0.323 e. The van der Waals surface area contributed by atoms with Gasteiger partial charge in [-0.05, 0) is 32.2 Å². The molecule has 1 atom stereocenters. The van der Waals surface area contributed by atoms with Crippen LogP contribution in [0.1, 0.15) is 37.4 Å². The van der Waals surface area contributed by atoms with E-state index < -0.39 is 0 Å². The quantitative estimate of drug-likeness (QED) is 0.843. The maximum atomic E-state index is 12.0. The predicted molar refractivity (Wildman–Crippen MR) is 68.2 cm³/mol.